The number of nitrogens with one attached hydrogen (secondary N) is 1. The number of rotatable bonds is 2. The van der Waals surface area contributed by atoms with Crippen molar-refractivity contribution in [2.24, 2.45) is 0 Å². The molecule has 0 saturated carbocycles. The van der Waals surface area contributed by atoms with Crippen LogP contribution < -0.4 is 5.32 Å². The summed E-state index contributed by atoms with van der Waals surface area (Å²) in [5, 5.41) is 2.22. The van der Waals surface area contributed by atoms with Gasteiger partial charge in [0.15, 0.2) is 11.6 Å². The minimum absolute atomic E-state index is 0.0289. The van der Waals surface area contributed by atoms with Crippen molar-refractivity contribution < 1.29 is 26.7 Å². The Kier molecular flexibility index (Phi) is 3.88. The molecule has 0 atom stereocenters. The number of hydrogen-bond donors (Lipinski definition) is 1. The van der Waals surface area contributed by atoms with Crippen LogP contribution in [0.4, 0.5) is 27.6 Å². The summed E-state index contributed by atoms with van der Waals surface area (Å²) in [5.74, 6) is -3.02. The quantitative estimate of drug-likeness (QED) is 0.861. The Hall–Kier alpha value is -2.51. The first kappa shape index (κ1) is 14.9. The lowest BCUT2D eigenvalue weighted by molar-refractivity contribution is -0.141. The van der Waals surface area contributed by atoms with Gasteiger partial charge in [-0.05, 0) is 24.3 Å². The molecule has 0 aliphatic carbocycles. The van der Waals surface area contributed by atoms with E-state index in [0.717, 1.165) is 30.5 Å². The van der Waals surface area contributed by atoms with Crippen molar-refractivity contribution in [2.75, 3.05) is 5.32 Å². The summed E-state index contributed by atoms with van der Waals surface area (Å²) in [7, 11) is 0. The van der Waals surface area contributed by atoms with Crippen molar-refractivity contribution in [1.29, 1.82) is 0 Å². The molecule has 0 unspecified atom stereocenters. The number of alkyl halides is 3. The Balaban J connectivity index is 2.15. The van der Waals surface area contributed by atoms with Gasteiger partial charge in [-0.1, -0.05) is 0 Å². The highest BCUT2D eigenvalue weighted by Gasteiger charge is 2.32. The predicted octanol–water partition coefficient (Wildman–Crippen LogP) is 3.63. The van der Waals surface area contributed by atoms with Crippen LogP contribution in [0.15, 0.2) is 36.5 Å². The van der Waals surface area contributed by atoms with Crippen LogP contribution in [0.2, 0.25) is 0 Å². The zero-order valence-electron chi connectivity index (χ0n) is 10.2. The van der Waals surface area contributed by atoms with Gasteiger partial charge in [-0.3, -0.25) is 9.78 Å². The van der Waals surface area contributed by atoms with E-state index in [4.69, 9.17) is 0 Å². The summed E-state index contributed by atoms with van der Waals surface area (Å²) in [6, 6.07) is 4.28. The summed E-state index contributed by atoms with van der Waals surface area (Å²) >= 11 is 0. The minimum atomic E-state index is -4.60. The van der Waals surface area contributed by atoms with Crippen molar-refractivity contribution in [3.05, 3.63) is 59.4 Å². The summed E-state index contributed by atoms with van der Waals surface area (Å²) < 4.78 is 62.6. The summed E-state index contributed by atoms with van der Waals surface area (Å²) in [5.41, 5.74) is -1.31. The SMILES string of the molecule is O=C(Nc1ccc(F)c(F)c1)c1ccc(C(F)(F)F)nc1. The molecule has 0 aliphatic rings. The van der Waals surface area contributed by atoms with Crippen LogP contribution in [0.3, 0.4) is 0 Å². The van der Waals surface area contributed by atoms with Gasteiger partial charge in [0.1, 0.15) is 5.69 Å². The average Bonchev–Trinajstić information content (AvgIpc) is 2.42. The molecule has 0 bridgehead atoms. The lowest BCUT2D eigenvalue weighted by atomic mass is 10.2. The van der Waals surface area contributed by atoms with E-state index in [1.807, 2.05) is 0 Å². The molecule has 0 spiro atoms. The number of amides is 1. The lowest BCUT2D eigenvalue weighted by Crippen LogP contribution is -2.14. The molecule has 0 radical (unpaired) electrons. The smallest absolute Gasteiger partial charge is 0.322 e. The fourth-order valence-corrected chi connectivity index (χ4v) is 1.47. The first-order valence-corrected chi connectivity index (χ1v) is 5.57. The second-order valence-corrected chi connectivity index (χ2v) is 4.01. The number of halogens is 5. The van der Waals surface area contributed by atoms with Gasteiger partial charge in [-0.2, -0.15) is 13.2 Å². The zero-order chi connectivity index (χ0) is 15.6. The number of hydrogen-bond acceptors (Lipinski definition) is 2. The normalized spacial score (nSPS) is 11.3. The van der Waals surface area contributed by atoms with Crippen molar-refractivity contribution in [3.8, 4) is 0 Å². The molecule has 3 nitrogen and oxygen atoms in total. The Morgan fingerprint density at radius 1 is 1.05 bits per heavy atom. The van der Waals surface area contributed by atoms with Gasteiger partial charge in [0.2, 0.25) is 0 Å². The van der Waals surface area contributed by atoms with Gasteiger partial charge in [0.05, 0.1) is 5.56 Å². The maximum atomic E-state index is 13.0. The summed E-state index contributed by atoms with van der Waals surface area (Å²) in [6.07, 6.45) is -3.85. The second-order valence-electron chi connectivity index (χ2n) is 4.01. The molecule has 0 fully saturated rings. The molecule has 0 saturated heterocycles. The number of benzene rings is 1. The molecule has 21 heavy (non-hydrogen) atoms. The van der Waals surface area contributed by atoms with Crippen molar-refractivity contribution >= 4 is 11.6 Å². The fourth-order valence-electron chi connectivity index (χ4n) is 1.47. The Labute approximate surface area is 115 Å². The molecule has 8 heteroatoms. The van der Waals surface area contributed by atoms with Crippen LogP contribution in [0.25, 0.3) is 0 Å². The molecule has 1 N–H and O–H groups in total. The third kappa shape index (κ3) is 3.53. The highest BCUT2D eigenvalue weighted by atomic mass is 19.4. The van der Waals surface area contributed by atoms with Crippen LogP contribution >= 0.6 is 0 Å². The molecular formula is C13H7F5N2O. The van der Waals surface area contributed by atoms with Crippen molar-refractivity contribution in [3.63, 3.8) is 0 Å². The first-order valence-electron chi connectivity index (χ1n) is 5.57. The summed E-state index contributed by atoms with van der Waals surface area (Å²) in [6.45, 7) is 0. The van der Waals surface area contributed by atoms with Gasteiger partial charge >= 0.3 is 6.18 Å². The van der Waals surface area contributed by atoms with Crippen LogP contribution in [-0.4, -0.2) is 10.9 Å². The monoisotopic (exact) mass is 302 g/mol. The summed E-state index contributed by atoms with van der Waals surface area (Å²) in [4.78, 5) is 14.8. The Bertz CT molecular complexity index is 667. The van der Waals surface area contributed by atoms with Crippen molar-refractivity contribution in [2.45, 2.75) is 6.18 Å². The fraction of sp³-hybridized carbons (Fsp3) is 0.0769. The van der Waals surface area contributed by atoms with E-state index in [-0.39, 0.29) is 11.3 Å². The number of carbonyl (C=O) groups excluding carboxylic acids is 1. The molecule has 1 amide bonds. The van der Waals surface area contributed by atoms with Gasteiger partial charge in [-0.15, -0.1) is 0 Å². The maximum Gasteiger partial charge on any atom is 0.433 e. The van der Waals surface area contributed by atoms with Crippen LogP contribution in [-0.2, 0) is 6.18 Å². The second kappa shape index (κ2) is 5.47. The van der Waals surface area contributed by atoms with Crippen LogP contribution in [0, 0.1) is 11.6 Å². The predicted molar refractivity (Wildman–Crippen MR) is 63.6 cm³/mol. The highest BCUT2D eigenvalue weighted by Crippen LogP contribution is 2.27. The van der Waals surface area contributed by atoms with E-state index in [2.05, 4.69) is 10.3 Å². The number of nitrogens with zero attached hydrogens (tertiary/aromatic N) is 1. The van der Waals surface area contributed by atoms with E-state index in [0.29, 0.717) is 6.07 Å². The van der Waals surface area contributed by atoms with Gasteiger partial charge in [0.25, 0.3) is 5.91 Å². The maximum absolute atomic E-state index is 13.0. The number of anilines is 1. The van der Waals surface area contributed by atoms with Gasteiger partial charge < -0.3 is 5.32 Å². The van der Waals surface area contributed by atoms with E-state index in [1.165, 1.54) is 0 Å². The first-order chi connectivity index (χ1) is 9.77. The molecule has 0 aliphatic heterocycles. The van der Waals surface area contributed by atoms with Crippen LogP contribution in [0.5, 0.6) is 0 Å². The van der Waals surface area contributed by atoms with Gasteiger partial charge in [0, 0.05) is 18.0 Å². The standard InChI is InChI=1S/C13H7F5N2O/c14-9-3-2-8(5-10(9)15)20-12(21)7-1-4-11(19-6-7)13(16,17)18/h1-6H,(H,20,21). The van der Waals surface area contributed by atoms with E-state index < -0.39 is 29.4 Å². The molecule has 2 rings (SSSR count). The topological polar surface area (TPSA) is 42.0 Å². The third-order valence-electron chi connectivity index (χ3n) is 2.49. The lowest BCUT2D eigenvalue weighted by Gasteiger charge is -2.07. The molecule has 1 aromatic carbocycles. The zero-order valence-corrected chi connectivity index (χ0v) is 10.2. The Morgan fingerprint density at radius 2 is 1.76 bits per heavy atom. The van der Waals surface area contributed by atoms with Crippen LogP contribution in [0.1, 0.15) is 16.1 Å². The minimum Gasteiger partial charge on any atom is -0.322 e. The molecule has 1 aromatic heterocycles. The van der Waals surface area contributed by atoms with Crippen molar-refractivity contribution in [1.82, 2.24) is 4.98 Å². The largest absolute Gasteiger partial charge is 0.433 e. The van der Waals surface area contributed by atoms with Gasteiger partial charge in [-0.25, -0.2) is 8.78 Å². The van der Waals surface area contributed by atoms with E-state index in [1.54, 1.807) is 0 Å². The molecule has 2 aromatic rings. The Morgan fingerprint density at radius 3 is 2.29 bits per heavy atom. The number of aromatic nitrogens is 1. The number of pyridine rings is 1. The molecule has 110 valence electrons. The molecular weight excluding hydrogens is 295 g/mol. The van der Waals surface area contributed by atoms with E-state index >= 15 is 0 Å². The third-order valence-corrected chi connectivity index (χ3v) is 2.49. The number of carbonyl (C=O) groups is 1. The molecule has 1 heterocycles. The van der Waals surface area contributed by atoms with E-state index in [9.17, 15) is 26.7 Å². The average molecular weight is 302 g/mol. The highest BCUT2D eigenvalue weighted by molar-refractivity contribution is 6.04.